The van der Waals surface area contributed by atoms with Crippen LogP contribution in [-0.4, -0.2) is 24.0 Å². The second-order valence-electron chi connectivity index (χ2n) is 6.88. The van der Waals surface area contributed by atoms with Gasteiger partial charge in [-0.1, -0.05) is 12.8 Å². The van der Waals surface area contributed by atoms with Gasteiger partial charge in [-0.25, -0.2) is 4.98 Å². The number of benzene rings is 1. The normalized spacial score (nSPS) is 14.2. The number of carbonyl (C=O) groups is 1. The van der Waals surface area contributed by atoms with Crippen LogP contribution in [-0.2, 0) is 12.7 Å². The molecular weight excluding hydrogens is 440 g/mol. The Labute approximate surface area is 186 Å². The number of carbonyl (C=O) groups excluding carboxylic acids is 1. The molecule has 166 valence electrons. The Kier molecular flexibility index (Phi) is 9.87. The molecule has 30 heavy (non-hydrogen) atoms. The highest BCUT2D eigenvalue weighted by Crippen LogP contribution is 2.32. The fourth-order valence-corrected chi connectivity index (χ4v) is 3.26. The first kappa shape index (κ1) is 26.0. The summed E-state index contributed by atoms with van der Waals surface area (Å²) < 4.78 is 39.1. The van der Waals surface area contributed by atoms with Crippen LogP contribution < -0.4 is 16.0 Å². The minimum absolute atomic E-state index is 0. The van der Waals surface area contributed by atoms with Crippen LogP contribution >= 0.6 is 24.8 Å². The molecule has 0 aliphatic carbocycles. The van der Waals surface area contributed by atoms with Gasteiger partial charge in [-0.3, -0.25) is 4.79 Å². The Morgan fingerprint density at radius 3 is 2.27 bits per heavy atom. The molecule has 1 amide bonds. The largest absolute Gasteiger partial charge is 0.416 e. The molecule has 1 aliphatic rings. The smallest absolute Gasteiger partial charge is 0.357 e. The van der Waals surface area contributed by atoms with Crippen LogP contribution in [0, 0.1) is 0 Å². The Balaban J connectivity index is 0.00000225. The zero-order valence-electron chi connectivity index (χ0n) is 16.2. The molecule has 0 bridgehead atoms. The molecule has 2 aromatic rings. The number of hydrogen-bond acceptors (Lipinski definition) is 4. The number of halogens is 5. The summed E-state index contributed by atoms with van der Waals surface area (Å²) in [5, 5.41) is 2.51. The summed E-state index contributed by atoms with van der Waals surface area (Å²) in [5.41, 5.74) is 5.26. The van der Waals surface area contributed by atoms with Gasteiger partial charge in [0.15, 0.2) is 0 Å². The lowest BCUT2D eigenvalue weighted by Crippen LogP contribution is -2.25. The number of anilines is 2. The first-order chi connectivity index (χ1) is 13.4. The maximum Gasteiger partial charge on any atom is 0.416 e. The molecule has 1 fully saturated rings. The average Bonchev–Trinajstić information content (AvgIpc) is 2.96. The standard InChI is InChI=1S/C20H23F3N4O.2ClH/c21-20(22,23)16-9-14(12-24)10-17(11-16)26-19(28)15-5-6-18(25-13-15)27-7-3-1-2-4-8-27;;/h5-6,9-11,13H,1-4,7-8,12,24H2,(H,26,28);2*1H. The van der Waals surface area contributed by atoms with Crippen molar-refractivity contribution >= 4 is 42.2 Å². The molecule has 0 saturated carbocycles. The van der Waals surface area contributed by atoms with Crippen LogP contribution in [0.25, 0.3) is 0 Å². The monoisotopic (exact) mass is 464 g/mol. The maximum atomic E-state index is 13.0. The zero-order chi connectivity index (χ0) is 20.1. The lowest BCUT2D eigenvalue weighted by atomic mass is 10.1. The first-order valence-corrected chi connectivity index (χ1v) is 9.30. The second-order valence-corrected chi connectivity index (χ2v) is 6.88. The highest BCUT2D eigenvalue weighted by molar-refractivity contribution is 6.04. The van der Waals surface area contributed by atoms with E-state index in [1.165, 1.54) is 25.1 Å². The van der Waals surface area contributed by atoms with E-state index >= 15 is 0 Å². The van der Waals surface area contributed by atoms with Gasteiger partial charge in [0.2, 0.25) is 0 Å². The lowest BCUT2D eigenvalue weighted by Gasteiger charge is -2.21. The van der Waals surface area contributed by atoms with E-state index in [1.807, 2.05) is 0 Å². The number of amides is 1. The lowest BCUT2D eigenvalue weighted by molar-refractivity contribution is -0.137. The van der Waals surface area contributed by atoms with Gasteiger partial charge in [0.25, 0.3) is 5.91 Å². The van der Waals surface area contributed by atoms with Gasteiger partial charge in [-0.2, -0.15) is 13.2 Å². The second kappa shape index (κ2) is 11.4. The summed E-state index contributed by atoms with van der Waals surface area (Å²) in [6, 6.07) is 6.73. The van der Waals surface area contributed by atoms with Gasteiger partial charge < -0.3 is 16.0 Å². The molecule has 3 N–H and O–H groups in total. The van der Waals surface area contributed by atoms with Crippen molar-refractivity contribution in [2.24, 2.45) is 5.73 Å². The molecule has 0 radical (unpaired) electrons. The maximum absolute atomic E-state index is 13.0. The van der Waals surface area contributed by atoms with Crippen molar-refractivity contribution in [3.63, 3.8) is 0 Å². The van der Waals surface area contributed by atoms with Gasteiger partial charge in [0.05, 0.1) is 11.1 Å². The number of nitrogens with zero attached hydrogens (tertiary/aromatic N) is 2. The Morgan fingerprint density at radius 1 is 1.07 bits per heavy atom. The topological polar surface area (TPSA) is 71.2 Å². The molecule has 1 saturated heterocycles. The fourth-order valence-electron chi connectivity index (χ4n) is 3.26. The highest BCUT2D eigenvalue weighted by Gasteiger charge is 2.31. The molecule has 1 aromatic heterocycles. The first-order valence-electron chi connectivity index (χ1n) is 9.30. The summed E-state index contributed by atoms with van der Waals surface area (Å²) in [5.74, 6) is 0.292. The number of hydrogen-bond donors (Lipinski definition) is 2. The van der Waals surface area contributed by atoms with Crippen molar-refractivity contribution in [1.82, 2.24) is 4.98 Å². The number of nitrogens with two attached hydrogens (primary N) is 1. The molecule has 3 rings (SSSR count). The van der Waals surface area contributed by atoms with Crippen molar-refractivity contribution in [3.05, 3.63) is 53.2 Å². The van der Waals surface area contributed by atoms with Gasteiger partial charge in [0.1, 0.15) is 5.82 Å². The van der Waals surface area contributed by atoms with E-state index in [-0.39, 0.29) is 42.6 Å². The van der Waals surface area contributed by atoms with Gasteiger partial charge in [0, 0.05) is 31.5 Å². The van der Waals surface area contributed by atoms with Crippen molar-refractivity contribution in [2.45, 2.75) is 38.4 Å². The van der Waals surface area contributed by atoms with E-state index in [0.29, 0.717) is 5.56 Å². The number of alkyl halides is 3. The molecule has 1 aromatic carbocycles. The van der Waals surface area contributed by atoms with Gasteiger partial charge >= 0.3 is 6.18 Å². The van der Waals surface area contributed by atoms with Crippen molar-refractivity contribution in [1.29, 1.82) is 0 Å². The summed E-state index contributed by atoms with van der Waals surface area (Å²) >= 11 is 0. The molecule has 5 nitrogen and oxygen atoms in total. The van der Waals surface area contributed by atoms with E-state index in [9.17, 15) is 18.0 Å². The fraction of sp³-hybridized carbons (Fsp3) is 0.400. The van der Waals surface area contributed by atoms with Crippen LogP contribution in [0.2, 0.25) is 0 Å². The SMILES string of the molecule is Cl.Cl.NCc1cc(NC(=O)c2ccc(N3CCCCCC3)nc2)cc(C(F)(F)F)c1. The summed E-state index contributed by atoms with van der Waals surface area (Å²) in [4.78, 5) is 19.0. The molecule has 2 heterocycles. The third-order valence-corrected chi connectivity index (χ3v) is 4.75. The van der Waals surface area contributed by atoms with Gasteiger partial charge in [-0.05, 0) is 48.7 Å². The van der Waals surface area contributed by atoms with E-state index in [1.54, 1.807) is 12.1 Å². The minimum atomic E-state index is -4.51. The zero-order valence-corrected chi connectivity index (χ0v) is 17.9. The Morgan fingerprint density at radius 2 is 1.73 bits per heavy atom. The van der Waals surface area contributed by atoms with E-state index < -0.39 is 17.6 Å². The van der Waals surface area contributed by atoms with E-state index in [4.69, 9.17) is 5.73 Å². The van der Waals surface area contributed by atoms with E-state index in [2.05, 4.69) is 15.2 Å². The number of rotatable bonds is 4. The predicted octanol–water partition coefficient (Wildman–Crippen LogP) is 5.04. The molecule has 10 heteroatoms. The Hall–Kier alpha value is -2.03. The van der Waals surface area contributed by atoms with E-state index in [0.717, 1.165) is 43.9 Å². The number of nitrogens with one attached hydrogen (secondary N) is 1. The summed E-state index contributed by atoms with van der Waals surface area (Å²) in [6.45, 7) is 1.81. The van der Waals surface area contributed by atoms with Crippen molar-refractivity contribution in [3.8, 4) is 0 Å². The summed E-state index contributed by atoms with van der Waals surface area (Å²) in [7, 11) is 0. The van der Waals surface area contributed by atoms with Crippen LogP contribution in [0.15, 0.2) is 36.5 Å². The number of aromatic nitrogens is 1. The van der Waals surface area contributed by atoms with Crippen LogP contribution in [0.5, 0.6) is 0 Å². The van der Waals surface area contributed by atoms with Crippen molar-refractivity contribution in [2.75, 3.05) is 23.3 Å². The third-order valence-electron chi connectivity index (χ3n) is 4.75. The van der Waals surface area contributed by atoms with Crippen LogP contribution in [0.3, 0.4) is 0 Å². The molecular formula is C20H25Cl2F3N4O. The molecule has 1 aliphatic heterocycles. The predicted molar refractivity (Wildman–Crippen MR) is 117 cm³/mol. The summed E-state index contributed by atoms with van der Waals surface area (Å²) in [6.07, 6.45) is 1.58. The quantitative estimate of drug-likeness (QED) is 0.664. The average molecular weight is 465 g/mol. The minimum Gasteiger partial charge on any atom is -0.357 e. The molecule has 0 spiro atoms. The molecule has 0 atom stereocenters. The van der Waals surface area contributed by atoms with Gasteiger partial charge in [-0.15, -0.1) is 24.8 Å². The van der Waals surface area contributed by atoms with Crippen LogP contribution in [0.1, 0.15) is 47.2 Å². The highest BCUT2D eigenvalue weighted by atomic mass is 35.5. The van der Waals surface area contributed by atoms with Crippen LogP contribution in [0.4, 0.5) is 24.7 Å². The Bertz CT molecular complexity index is 824. The number of pyridine rings is 1. The molecule has 0 unspecified atom stereocenters. The third kappa shape index (κ3) is 6.75. The van der Waals surface area contributed by atoms with Crippen molar-refractivity contribution < 1.29 is 18.0 Å².